The van der Waals surface area contributed by atoms with Crippen molar-refractivity contribution in [1.82, 2.24) is 4.57 Å². The number of carboxylic acids is 1. The Labute approximate surface area is 167 Å². The van der Waals surface area contributed by atoms with Gasteiger partial charge in [-0.2, -0.15) is 0 Å². The molecule has 154 valence electrons. The van der Waals surface area contributed by atoms with E-state index in [2.05, 4.69) is 18.4 Å². The van der Waals surface area contributed by atoms with E-state index in [1.54, 1.807) is 25.1 Å². The van der Waals surface area contributed by atoms with Crippen LogP contribution in [0.15, 0.2) is 29.2 Å². The van der Waals surface area contributed by atoms with Gasteiger partial charge in [0.1, 0.15) is 0 Å². The molecule has 0 bridgehead atoms. The highest BCUT2D eigenvalue weighted by Gasteiger charge is 2.40. The highest BCUT2D eigenvalue weighted by molar-refractivity contribution is 5.97. The standard InChI is InChI=1S/C22H24F2N2O3/c1-12(2)17-6-14-7-18(25-5-4-22(23,24)11-25)16(21(28)29)8-15(14)19-9-20(27)13(3)10-26(17)19/h7-10,12,17H,4-6,11H2,1-3H3,(H,28,29). The molecule has 1 fully saturated rings. The molecule has 1 aromatic heterocycles. The number of hydrogen-bond donors (Lipinski definition) is 1. The summed E-state index contributed by atoms with van der Waals surface area (Å²) in [7, 11) is 0. The van der Waals surface area contributed by atoms with Crippen LogP contribution in [-0.2, 0) is 6.42 Å². The van der Waals surface area contributed by atoms with Gasteiger partial charge in [0.2, 0.25) is 0 Å². The molecule has 5 nitrogen and oxygen atoms in total. The van der Waals surface area contributed by atoms with Crippen molar-refractivity contribution in [3.05, 3.63) is 51.3 Å². The van der Waals surface area contributed by atoms with Gasteiger partial charge in [0.05, 0.1) is 23.5 Å². The second-order valence-electron chi connectivity index (χ2n) is 8.49. The van der Waals surface area contributed by atoms with Crippen LogP contribution in [0.25, 0.3) is 11.3 Å². The lowest BCUT2D eigenvalue weighted by molar-refractivity contribution is 0.0256. The highest BCUT2D eigenvalue weighted by atomic mass is 19.3. The first-order valence-corrected chi connectivity index (χ1v) is 9.83. The van der Waals surface area contributed by atoms with Gasteiger partial charge >= 0.3 is 5.97 Å². The number of halogens is 2. The van der Waals surface area contributed by atoms with Gasteiger partial charge in [0.25, 0.3) is 5.92 Å². The van der Waals surface area contributed by atoms with Gasteiger partial charge in [-0.25, -0.2) is 13.6 Å². The molecule has 0 spiro atoms. The van der Waals surface area contributed by atoms with Crippen molar-refractivity contribution in [3.63, 3.8) is 0 Å². The molecule has 29 heavy (non-hydrogen) atoms. The number of aromatic nitrogens is 1. The van der Waals surface area contributed by atoms with Crippen molar-refractivity contribution in [2.45, 2.75) is 45.6 Å². The lowest BCUT2D eigenvalue weighted by Gasteiger charge is -2.34. The van der Waals surface area contributed by atoms with Gasteiger partial charge in [-0.1, -0.05) is 13.8 Å². The van der Waals surface area contributed by atoms with Crippen LogP contribution in [0.1, 0.15) is 47.8 Å². The molecule has 1 aromatic carbocycles. The molecule has 2 aliphatic rings. The molecule has 1 unspecified atom stereocenters. The maximum absolute atomic E-state index is 13.8. The lowest BCUT2D eigenvalue weighted by atomic mass is 9.86. The van der Waals surface area contributed by atoms with E-state index in [1.807, 2.05) is 6.20 Å². The largest absolute Gasteiger partial charge is 0.478 e. The monoisotopic (exact) mass is 402 g/mol. The van der Waals surface area contributed by atoms with Crippen LogP contribution in [0, 0.1) is 12.8 Å². The van der Waals surface area contributed by atoms with Gasteiger partial charge in [-0.05, 0) is 37.0 Å². The fraction of sp³-hybridized carbons (Fsp3) is 0.455. The molecule has 3 heterocycles. The first-order chi connectivity index (χ1) is 13.6. The van der Waals surface area contributed by atoms with E-state index < -0.39 is 18.4 Å². The molecular formula is C22H24F2N2O3. The number of fused-ring (bicyclic) bond motifs is 3. The molecule has 0 aliphatic carbocycles. The Balaban J connectivity index is 1.92. The normalized spacial score (nSPS) is 19.9. The SMILES string of the molecule is Cc1cn2c(cc1=O)-c1cc(C(=O)O)c(N3CCC(F)(F)C3)cc1CC2C(C)C. The van der Waals surface area contributed by atoms with E-state index >= 15 is 0 Å². The quantitative estimate of drug-likeness (QED) is 0.839. The number of aromatic carboxylic acids is 1. The number of carboxylic acid groups (broad SMARTS) is 1. The fourth-order valence-corrected chi connectivity index (χ4v) is 4.44. The lowest BCUT2D eigenvalue weighted by Crippen LogP contribution is -2.29. The van der Waals surface area contributed by atoms with E-state index in [-0.39, 0.29) is 35.9 Å². The number of carbonyl (C=O) groups is 1. The number of nitrogens with zero attached hydrogens (tertiary/aromatic N) is 2. The van der Waals surface area contributed by atoms with Crippen molar-refractivity contribution in [2.24, 2.45) is 5.92 Å². The van der Waals surface area contributed by atoms with Gasteiger partial charge < -0.3 is 14.6 Å². The van der Waals surface area contributed by atoms with Crippen LogP contribution in [-0.4, -0.2) is 34.7 Å². The van der Waals surface area contributed by atoms with Crippen molar-refractivity contribution in [1.29, 1.82) is 0 Å². The van der Waals surface area contributed by atoms with Crippen LogP contribution in [0.2, 0.25) is 0 Å². The topological polar surface area (TPSA) is 62.5 Å². The summed E-state index contributed by atoms with van der Waals surface area (Å²) >= 11 is 0. The summed E-state index contributed by atoms with van der Waals surface area (Å²) in [6, 6.07) is 4.93. The van der Waals surface area contributed by atoms with Crippen LogP contribution < -0.4 is 10.3 Å². The van der Waals surface area contributed by atoms with Gasteiger partial charge in [0.15, 0.2) is 5.43 Å². The first kappa shape index (κ1) is 19.6. The number of rotatable bonds is 3. The van der Waals surface area contributed by atoms with Crippen LogP contribution in [0.3, 0.4) is 0 Å². The minimum absolute atomic E-state index is 0.0102. The molecule has 2 aliphatic heterocycles. The average Bonchev–Trinajstić information content (AvgIpc) is 3.00. The van der Waals surface area contributed by atoms with Gasteiger partial charge in [-0.3, -0.25) is 4.79 Å². The summed E-state index contributed by atoms with van der Waals surface area (Å²) in [6.45, 7) is 5.60. The average molecular weight is 402 g/mol. The number of aryl methyl sites for hydroxylation is 1. The summed E-state index contributed by atoms with van der Waals surface area (Å²) in [4.78, 5) is 25.7. The van der Waals surface area contributed by atoms with Crippen LogP contribution in [0.4, 0.5) is 14.5 Å². The molecule has 0 saturated carbocycles. The Morgan fingerprint density at radius 3 is 2.59 bits per heavy atom. The Kier molecular flexibility index (Phi) is 4.52. The summed E-state index contributed by atoms with van der Waals surface area (Å²) in [5.74, 6) is -3.70. The fourth-order valence-electron chi connectivity index (χ4n) is 4.44. The Morgan fingerprint density at radius 2 is 2.00 bits per heavy atom. The highest BCUT2D eigenvalue weighted by Crippen LogP contribution is 2.42. The number of pyridine rings is 1. The molecule has 1 N–H and O–H groups in total. The van der Waals surface area contributed by atoms with Crippen molar-refractivity contribution >= 4 is 11.7 Å². The predicted molar refractivity (Wildman–Crippen MR) is 107 cm³/mol. The first-order valence-electron chi connectivity index (χ1n) is 9.83. The van der Waals surface area contributed by atoms with Gasteiger partial charge in [0, 0.05) is 42.4 Å². The summed E-state index contributed by atoms with van der Waals surface area (Å²) < 4.78 is 29.6. The maximum Gasteiger partial charge on any atom is 0.337 e. The zero-order valence-electron chi connectivity index (χ0n) is 16.7. The van der Waals surface area contributed by atoms with Gasteiger partial charge in [-0.15, -0.1) is 0 Å². The summed E-state index contributed by atoms with van der Waals surface area (Å²) in [5.41, 5.74) is 3.11. The van der Waals surface area contributed by atoms with Crippen LogP contribution in [0.5, 0.6) is 0 Å². The third kappa shape index (κ3) is 3.32. The van der Waals surface area contributed by atoms with Crippen molar-refractivity contribution in [2.75, 3.05) is 18.0 Å². The molecular weight excluding hydrogens is 378 g/mol. The molecule has 2 aromatic rings. The van der Waals surface area contributed by atoms with Crippen molar-refractivity contribution in [3.8, 4) is 11.3 Å². The predicted octanol–water partition coefficient (Wildman–Crippen LogP) is 4.12. The zero-order valence-corrected chi connectivity index (χ0v) is 16.7. The van der Waals surface area contributed by atoms with Crippen LogP contribution >= 0.6 is 0 Å². The maximum atomic E-state index is 13.8. The number of hydrogen-bond acceptors (Lipinski definition) is 3. The van der Waals surface area contributed by atoms with E-state index in [0.29, 0.717) is 28.9 Å². The smallest absolute Gasteiger partial charge is 0.337 e. The van der Waals surface area contributed by atoms with E-state index in [0.717, 1.165) is 5.56 Å². The molecule has 1 saturated heterocycles. The second kappa shape index (κ2) is 6.68. The Morgan fingerprint density at radius 1 is 1.28 bits per heavy atom. The minimum atomic E-state index is -2.82. The molecule has 7 heteroatoms. The minimum Gasteiger partial charge on any atom is -0.478 e. The van der Waals surface area contributed by atoms with E-state index in [1.165, 1.54) is 4.90 Å². The molecule has 1 atom stereocenters. The second-order valence-corrected chi connectivity index (χ2v) is 8.49. The third-order valence-corrected chi connectivity index (χ3v) is 6.06. The number of anilines is 1. The molecule has 0 radical (unpaired) electrons. The van der Waals surface area contributed by atoms with E-state index in [9.17, 15) is 23.5 Å². The Hall–Kier alpha value is -2.70. The van der Waals surface area contributed by atoms with Crippen molar-refractivity contribution < 1.29 is 18.7 Å². The number of benzene rings is 1. The molecule has 0 amide bonds. The van der Waals surface area contributed by atoms with E-state index in [4.69, 9.17) is 0 Å². The summed E-state index contributed by atoms with van der Waals surface area (Å²) in [6.07, 6.45) is 2.20. The number of alkyl halides is 2. The molecule has 4 rings (SSSR count). The Bertz CT molecular complexity index is 1060. The summed E-state index contributed by atoms with van der Waals surface area (Å²) in [5, 5.41) is 9.76. The third-order valence-electron chi connectivity index (χ3n) is 6.06. The zero-order chi connectivity index (χ0) is 21.1.